The topological polar surface area (TPSA) is 38.9 Å². The van der Waals surface area contributed by atoms with E-state index in [1.807, 2.05) is 12.1 Å². The van der Waals surface area contributed by atoms with Gasteiger partial charge in [0.05, 0.1) is 5.69 Å². The summed E-state index contributed by atoms with van der Waals surface area (Å²) in [5.41, 5.74) is 2.09. The number of pyridine rings is 2. The van der Waals surface area contributed by atoms with Crippen LogP contribution in [0, 0.1) is 6.85 Å². The van der Waals surface area contributed by atoms with E-state index in [0.29, 0.717) is 22.2 Å². The lowest BCUT2D eigenvalue weighted by atomic mass is 10.1. The molecule has 0 unspecified atom stereocenters. The van der Waals surface area contributed by atoms with Gasteiger partial charge in [-0.25, -0.2) is 4.98 Å². The van der Waals surface area contributed by atoms with Crippen LogP contribution in [-0.2, 0) is 12.7 Å². The van der Waals surface area contributed by atoms with Crippen molar-refractivity contribution >= 4 is 22.1 Å². The molecule has 3 heterocycles. The molecule has 0 fully saturated rings. The summed E-state index contributed by atoms with van der Waals surface area (Å²) in [5.74, 6) is 0. The average Bonchev–Trinajstić information content (AvgIpc) is 3.22. The van der Waals surface area contributed by atoms with Crippen molar-refractivity contribution in [2.45, 2.75) is 19.6 Å². The zero-order chi connectivity index (χ0) is 25.0. The second-order valence-electron chi connectivity index (χ2n) is 6.38. The Kier molecular flexibility index (Phi) is 2.66. The molecule has 0 atom stereocenters. The Morgan fingerprint density at radius 2 is 1.82 bits per heavy atom. The van der Waals surface area contributed by atoms with Gasteiger partial charge in [0.1, 0.15) is 5.58 Å². The van der Waals surface area contributed by atoms with Gasteiger partial charge in [-0.3, -0.25) is 4.98 Å². The zero-order valence-electron chi connectivity index (χ0n) is 21.8. The SMILES string of the molecule is [2H]C([2H])([2H])c1ccc(-c2cccc3c2oc2nc(C([2H])([2H])C([2H])([2H])c4ccccc4)ccc23)nc1. The van der Waals surface area contributed by atoms with Crippen molar-refractivity contribution in [1.82, 2.24) is 9.97 Å². The second kappa shape index (κ2) is 6.93. The zero-order valence-corrected chi connectivity index (χ0v) is 14.8. The summed E-state index contributed by atoms with van der Waals surface area (Å²) in [5, 5.41) is 1.39. The third-order valence-electron chi connectivity index (χ3n) is 4.51. The van der Waals surface area contributed by atoms with Crippen LogP contribution in [0.25, 0.3) is 33.3 Å². The van der Waals surface area contributed by atoms with Crippen LogP contribution in [0.2, 0.25) is 0 Å². The van der Waals surface area contributed by atoms with Gasteiger partial charge in [0.15, 0.2) is 0 Å². The summed E-state index contributed by atoms with van der Waals surface area (Å²) < 4.78 is 62.8. The van der Waals surface area contributed by atoms with E-state index in [0.717, 1.165) is 5.39 Å². The van der Waals surface area contributed by atoms with Gasteiger partial charge in [0, 0.05) is 37.8 Å². The number of aromatic nitrogens is 2. The Hall–Kier alpha value is -3.46. The number of rotatable bonds is 4. The van der Waals surface area contributed by atoms with Crippen LogP contribution in [-0.4, -0.2) is 9.97 Å². The maximum Gasteiger partial charge on any atom is 0.227 e. The van der Waals surface area contributed by atoms with Crippen LogP contribution in [0.5, 0.6) is 0 Å². The summed E-state index contributed by atoms with van der Waals surface area (Å²) in [6, 6.07) is 19.9. The average molecular weight is 371 g/mol. The number of hydrogen-bond acceptors (Lipinski definition) is 3. The minimum absolute atomic E-state index is 0.0837. The molecule has 28 heavy (non-hydrogen) atoms. The molecule has 0 saturated heterocycles. The van der Waals surface area contributed by atoms with E-state index >= 15 is 0 Å². The maximum atomic E-state index is 8.60. The Bertz CT molecular complexity index is 1530. The van der Waals surface area contributed by atoms with E-state index in [1.54, 1.807) is 48.5 Å². The van der Waals surface area contributed by atoms with Crippen molar-refractivity contribution < 1.29 is 14.0 Å². The van der Waals surface area contributed by atoms with E-state index in [1.165, 1.54) is 18.3 Å². The van der Waals surface area contributed by atoms with Crippen LogP contribution in [0.4, 0.5) is 0 Å². The van der Waals surface area contributed by atoms with Gasteiger partial charge in [-0.2, -0.15) is 0 Å². The fourth-order valence-corrected chi connectivity index (χ4v) is 3.16. The van der Waals surface area contributed by atoms with Crippen molar-refractivity contribution in [3.8, 4) is 11.3 Å². The first kappa shape index (κ1) is 10.8. The molecule has 0 radical (unpaired) electrons. The monoisotopic (exact) mass is 371 g/mol. The molecule has 0 aliphatic carbocycles. The van der Waals surface area contributed by atoms with E-state index in [9.17, 15) is 0 Å². The smallest absolute Gasteiger partial charge is 0.227 e. The van der Waals surface area contributed by atoms with Crippen molar-refractivity contribution in [3.63, 3.8) is 0 Å². The molecule has 0 saturated carbocycles. The van der Waals surface area contributed by atoms with Crippen molar-refractivity contribution in [1.29, 1.82) is 0 Å². The van der Waals surface area contributed by atoms with Crippen molar-refractivity contribution in [3.05, 3.63) is 95.8 Å². The van der Waals surface area contributed by atoms with Gasteiger partial charge in [-0.1, -0.05) is 48.5 Å². The summed E-state index contributed by atoms with van der Waals surface area (Å²) in [7, 11) is 0. The highest BCUT2D eigenvalue weighted by molar-refractivity contribution is 6.08. The highest BCUT2D eigenvalue weighted by Crippen LogP contribution is 2.34. The molecule has 0 bridgehead atoms. The van der Waals surface area contributed by atoms with Crippen molar-refractivity contribution in [2.24, 2.45) is 0 Å². The van der Waals surface area contributed by atoms with Gasteiger partial charge in [0.25, 0.3) is 0 Å². The highest BCUT2D eigenvalue weighted by atomic mass is 16.3. The van der Waals surface area contributed by atoms with Crippen LogP contribution < -0.4 is 0 Å². The first-order chi connectivity index (χ1) is 16.5. The number of hydrogen-bond donors (Lipinski definition) is 0. The normalized spacial score (nSPS) is 16.5. The number of para-hydroxylation sites is 1. The first-order valence-corrected chi connectivity index (χ1v) is 8.85. The fraction of sp³-hybridized carbons (Fsp3) is 0.120. The lowest BCUT2D eigenvalue weighted by Gasteiger charge is -2.01. The molecule has 5 aromatic rings. The van der Waals surface area contributed by atoms with Crippen LogP contribution in [0.15, 0.2) is 83.4 Å². The van der Waals surface area contributed by atoms with E-state index < -0.39 is 19.6 Å². The lowest BCUT2D eigenvalue weighted by molar-refractivity contribution is 0.651. The standard InChI is InChI=1S/C25H20N2O/c1-17-10-15-23(26-16-17)22-9-5-8-20-21-14-13-19(27-25(21)28-24(20)22)12-11-18-6-3-2-4-7-18/h2-10,13-16H,11-12H2,1H3/i1D3,11D2,12D2. The molecule has 3 aromatic heterocycles. The van der Waals surface area contributed by atoms with Gasteiger partial charge in [0.2, 0.25) is 5.71 Å². The van der Waals surface area contributed by atoms with Gasteiger partial charge in [-0.15, -0.1) is 0 Å². The Labute approximate surface area is 173 Å². The molecule has 5 rings (SSSR count). The summed E-state index contributed by atoms with van der Waals surface area (Å²) in [6.07, 6.45) is -3.45. The van der Waals surface area contributed by atoms with Gasteiger partial charge in [-0.05, 0) is 55.0 Å². The number of aryl methyl sites for hydroxylation is 3. The minimum Gasteiger partial charge on any atom is -0.437 e. The molecule has 2 aromatic carbocycles. The molecule has 0 spiro atoms. The summed E-state index contributed by atoms with van der Waals surface area (Å²) in [6.45, 7) is -2.25. The van der Waals surface area contributed by atoms with Crippen LogP contribution in [0.3, 0.4) is 0 Å². The van der Waals surface area contributed by atoms with E-state index in [-0.39, 0.29) is 22.5 Å². The molecule has 0 amide bonds. The number of furan rings is 1. The van der Waals surface area contributed by atoms with Crippen LogP contribution in [0.1, 0.15) is 26.4 Å². The third kappa shape index (κ3) is 3.05. The predicted molar refractivity (Wildman–Crippen MR) is 113 cm³/mol. The number of benzene rings is 2. The van der Waals surface area contributed by atoms with Crippen LogP contribution >= 0.6 is 0 Å². The first-order valence-electron chi connectivity index (χ1n) is 12.4. The lowest BCUT2D eigenvalue weighted by Crippen LogP contribution is -1.93. The Morgan fingerprint density at radius 3 is 2.64 bits per heavy atom. The van der Waals surface area contributed by atoms with Gasteiger partial charge < -0.3 is 4.42 Å². The number of nitrogens with zero attached hydrogens (tertiary/aromatic N) is 2. The summed E-state index contributed by atoms with van der Waals surface area (Å²) in [4.78, 5) is 8.69. The highest BCUT2D eigenvalue weighted by Gasteiger charge is 2.14. The Balaban J connectivity index is 1.61. The molecule has 3 nitrogen and oxygen atoms in total. The van der Waals surface area contributed by atoms with Crippen molar-refractivity contribution in [2.75, 3.05) is 0 Å². The molecular formula is C25H20N2O. The molecular weight excluding hydrogens is 344 g/mol. The third-order valence-corrected chi connectivity index (χ3v) is 4.51. The molecule has 0 aliphatic heterocycles. The second-order valence-corrected chi connectivity index (χ2v) is 6.38. The predicted octanol–water partition coefficient (Wildman–Crippen LogP) is 6.14. The molecule has 3 heteroatoms. The van der Waals surface area contributed by atoms with E-state index in [4.69, 9.17) is 14.0 Å². The molecule has 0 aliphatic rings. The Morgan fingerprint density at radius 1 is 0.893 bits per heavy atom. The minimum atomic E-state index is -2.43. The fourth-order valence-electron chi connectivity index (χ4n) is 3.16. The van der Waals surface area contributed by atoms with Gasteiger partial charge >= 0.3 is 0 Å². The molecule has 136 valence electrons. The maximum absolute atomic E-state index is 8.60. The summed E-state index contributed by atoms with van der Waals surface area (Å²) >= 11 is 0. The van der Waals surface area contributed by atoms with E-state index in [2.05, 4.69) is 9.97 Å². The number of fused-ring (bicyclic) bond motifs is 3. The quantitative estimate of drug-likeness (QED) is 0.381. The molecule has 0 N–H and O–H groups in total. The largest absolute Gasteiger partial charge is 0.437 e.